The zero-order valence-electron chi connectivity index (χ0n) is 13.8. The Morgan fingerprint density at radius 2 is 2.09 bits per heavy atom. The van der Waals surface area contributed by atoms with E-state index >= 15 is 0 Å². The number of hydrogen-bond acceptors (Lipinski definition) is 3. The average molecular weight is 317 g/mol. The minimum Gasteiger partial charge on any atom is -0.473 e. The Bertz CT molecular complexity index is 662. The molecule has 1 aromatic carbocycles. The molecule has 1 fully saturated rings. The Balaban J connectivity index is 1.79. The van der Waals surface area contributed by atoms with Crippen LogP contribution in [0.1, 0.15) is 48.5 Å². The summed E-state index contributed by atoms with van der Waals surface area (Å²) < 4.78 is 21.8. The lowest BCUT2D eigenvalue weighted by Gasteiger charge is -2.15. The molecule has 0 saturated heterocycles. The maximum absolute atomic E-state index is 13.9. The van der Waals surface area contributed by atoms with Crippen molar-refractivity contribution >= 4 is 0 Å². The number of benzene rings is 1. The number of ether oxygens (including phenoxy) is 1. The minimum atomic E-state index is -0.224. The molecule has 0 unspecified atom stereocenters. The highest BCUT2D eigenvalue weighted by Gasteiger charge is 2.22. The van der Waals surface area contributed by atoms with Crippen LogP contribution in [0.4, 0.5) is 4.39 Å². The molecule has 1 saturated carbocycles. The Labute approximate surface area is 136 Å². The molecule has 1 heterocycles. The van der Waals surface area contributed by atoms with E-state index in [-0.39, 0.29) is 12.4 Å². The first-order chi connectivity index (χ1) is 11.2. The number of aromatic nitrogens is 2. The van der Waals surface area contributed by atoms with E-state index in [2.05, 4.69) is 10.4 Å². The number of aryl methyl sites for hydroxylation is 1. The molecule has 0 bridgehead atoms. The van der Waals surface area contributed by atoms with Crippen LogP contribution in [0.5, 0.6) is 5.88 Å². The van der Waals surface area contributed by atoms with Crippen LogP contribution in [0.3, 0.4) is 0 Å². The topological polar surface area (TPSA) is 39.1 Å². The SMILES string of the molecule is CNCc1cc(OCc2cc(C)ccc2F)n(C2CCCC2)n1. The quantitative estimate of drug-likeness (QED) is 0.882. The van der Waals surface area contributed by atoms with Crippen molar-refractivity contribution < 1.29 is 9.13 Å². The Morgan fingerprint density at radius 3 is 2.83 bits per heavy atom. The van der Waals surface area contributed by atoms with Gasteiger partial charge < -0.3 is 10.1 Å². The Hall–Kier alpha value is -1.88. The molecule has 1 aliphatic rings. The van der Waals surface area contributed by atoms with Gasteiger partial charge in [0.05, 0.1) is 11.7 Å². The normalized spacial score (nSPS) is 15.3. The van der Waals surface area contributed by atoms with Gasteiger partial charge in [0, 0.05) is 18.2 Å². The smallest absolute Gasteiger partial charge is 0.212 e. The van der Waals surface area contributed by atoms with Crippen LogP contribution in [-0.2, 0) is 13.2 Å². The van der Waals surface area contributed by atoms with Crippen molar-refractivity contribution in [2.45, 2.75) is 51.8 Å². The van der Waals surface area contributed by atoms with Gasteiger partial charge in [0.2, 0.25) is 5.88 Å². The highest BCUT2D eigenvalue weighted by atomic mass is 19.1. The molecule has 0 spiro atoms. The summed E-state index contributed by atoms with van der Waals surface area (Å²) in [5, 5.41) is 7.78. The molecular weight excluding hydrogens is 293 g/mol. The van der Waals surface area contributed by atoms with E-state index in [9.17, 15) is 4.39 Å². The number of nitrogens with one attached hydrogen (secondary N) is 1. The van der Waals surface area contributed by atoms with E-state index in [1.807, 2.05) is 30.8 Å². The van der Waals surface area contributed by atoms with Crippen LogP contribution in [0.2, 0.25) is 0 Å². The first-order valence-corrected chi connectivity index (χ1v) is 8.28. The predicted molar refractivity (Wildman–Crippen MR) is 88.0 cm³/mol. The van der Waals surface area contributed by atoms with Crippen molar-refractivity contribution in [3.05, 3.63) is 46.9 Å². The fourth-order valence-electron chi connectivity index (χ4n) is 3.18. The van der Waals surface area contributed by atoms with Crippen LogP contribution in [0.25, 0.3) is 0 Å². The molecule has 124 valence electrons. The maximum atomic E-state index is 13.9. The molecule has 4 nitrogen and oxygen atoms in total. The molecule has 1 N–H and O–H groups in total. The fourth-order valence-corrected chi connectivity index (χ4v) is 3.18. The lowest BCUT2D eigenvalue weighted by atomic mass is 10.1. The molecule has 0 radical (unpaired) electrons. The summed E-state index contributed by atoms with van der Waals surface area (Å²) in [5.74, 6) is 0.515. The number of hydrogen-bond donors (Lipinski definition) is 1. The van der Waals surface area contributed by atoms with Crippen molar-refractivity contribution in [1.29, 1.82) is 0 Å². The molecule has 0 atom stereocenters. The Kier molecular flexibility index (Phi) is 4.96. The standard InChI is InChI=1S/C18H24FN3O/c1-13-7-8-17(19)14(9-13)12-23-18-10-15(11-20-2)21-22(18)16-5-3-4-6-16/h7-10,16,20H,3-6,11-12H2,1-2H3. The second kappa shape index (κ2) is 7.13. The van der Waals surface area contributed by atoms with E-state index in [1.54, 1.807) is 6.07 Å². The highest BCUT2D eigenvalue weighted by molar-refractivity contribution is 5.24. The molecular formula is C18H24FN3O. The van der Waals surface area contributed by atoms with Gasteiger partial charge in [0.15, 0.2) is 0 Å². The van der Waals surface area contributed by atoms with Crippen LogP contribution in [0, 0.1) is 12.7 Å². The number of nitrogens with zero attached hydrogens (tertiary/aromatic N) is 2. The fraction of sp³-hybridized carbons (Fsp3) is 0.500. The van der Waals surface area contributed by atoms with Crippen molar-refractivity contribution in [3.8, 4) is 5.88 Å². The lowest BCUT2D eigenvalue weighted by Crippen LogP contribution is -2.11. The van der Waals surface area contributed by atoms with E-state index in [0.717, 1.165) is 30.0 Å². The van der Waals surface area contributed by atoms with Crippen molar-refractivity contribution in [1.82, 2.24) is 15.1 Å². The third-order valence-electron chi connectivity index (χ3n) is 4.36. The van der Waals surface area contributed by atoms with Gasteiger partial charge in [-0.25, -0.2) is 9.07 Å². The number of halogens is 1. The zero-order chi connectivity index (χ0) is 16.2. The van der Waals surface area contributed by atoms with Crippen LogP contribution in [-0.4, -0.2) is 16.8 Å². The second-order valence-electron chi connectivity index (χ2n) is 6.27. The summed E-state index contributed by atoms with van der Waals surface area (Å²) in [4.78, 5) is 0. The zero-order valence-corrected chi connectivity index (χ0v) is 13.8. The van der Waals surface area contributed by atoms with Crippen molar-refractivity contribution in [2.24, 2.45) is 0 Å². The summed E-state index contributed by atoms with van der Waals surface area (Å²) in [6.45, 7) is 2.89. The molecule has 5 heteroatoms. The first kappa shape index (κ1) is 16.0. The van der Waals surface area contributed by atoms with Crippen LogP contribution < -0.4 is 10.1 Å². The van der Waals surface area contributed by atoms with Gasteiger partial charge in [-0.1, -0.05) is 24.5 Å². The first-order valence-electron chi connectivity index (χ1n) is 8.28. The monoisotopic (exact) mass is 317 g/mol. The number of rotatable bonds is 6. The summed E-state index contributed by atoms with van der Waals surface area (Å²) in [6.07, 6.45) is 4.74. The van der Waals surface area contributed by atoms with E-state index in [1.165, 1.54) is 18.9 Å². The minimum absolute atomic E-state index is 0.224. The van der Waals surface area contributed by atoms with Crippen LogP contribution in [0.15, 0.2) is 24.3 Å². The molecule has 0 aliphatic heterocycles. The van der Waals surface area contributed by atoms with Gasteiger partial charge in [0.1, 0.15) is 12.4 Å². The van der Waals surface area contributed by atoms with E-state index < -0.39 is 0 Å². The second-order valence-corrected chi connectivity index (χ2v) is 6.27. The molecule has 1 aromatic heterocycles. The van der Waals surface area contributed by atoms with Crippen molar-refractivity contribution in [2.75, 3.05) is 7.05 Å². The van der Waals surface area contributed by atoms with Gasteiger partial charge in [-0.15, -0.1) is 0 Å². The van der Waals surface area contributed by atoms with Gasteiger partial charge >= 0.3 is 0 Å². The summed E-state index contributed by atoms with van der Waals surface area (Å²) in [6, 6.07) is 7.46. The van der Waals surface area contributed by atoms with Gasteiger partial charge in [-0.3, -0.25) is 0 Å². The summed E-state index contributed by atoms with van der Waals surface area (Å²) in [5.41, 5.74) is 2.57. The lowest BCUT2D eigenvalue weighted by molar-refractivity contribution is 0.254. The molecule has 1 aliphatic carbocycles. The third-order valence-corrected chi connectivity index (χ3v) is 4.36. The molecule has 2 aromatic rings. The van der Waals surface area contributed by atoms with E-state index in [4.69, 9.17) is 4.74 Å². The maximum Gasteiger partial charge on any atom is 0.212 e. The van der Waals surface area contributed by atoms with Crippen molar-refractivity contribution in [3.63, 3.8) is 0 Å². The van der Waals surface area contributed by atoms with Gasteiger partial charge in [-0.2, -0.15) is 5.10 Å². The van der Waals surface area contributed by atoms with E-state index in [0.29, 0.717) is 18.2 Å². The predicted octanol–water partition coefficient (Wildman–Crippen LogP) is 3.74. The highest BCUT2D eigenvalue weighted by Crippen LogP contribution is 2.33. The Morgan fingerprint density at radius 1 is 1.30 bits per heavy atom. The summed E-state index contributed by atoms with van der Waals surface area (Å²) >= 11 is 0. The van der Waals surface area contributed by atoms with Gasteiger partial charge in [0.25, 0.3) is 0 Å². The van der Waals surface area contributed by atoms with Gasteiger partial charge in [-0.05, 0) is 38.9 Å². The van der Waals surface area contributed by atoms with Crippen LogP contribution >= 0.6 is 0 Å². The largest absolute Gasteiger partial charge is 0.473 e. The molecule has 23 heavy (non-hydrogen) atoms. The third kappa shape index (κ3) is 3.72. The molecule has 3 rings (SSSR count). The molecule has 0 amide bonds. The summed E-state index contributed by atoms with van der Waals surface area (Å²) in [7, 11) is 1.90. The average Bonchev–Trinajstić information content (AvgIpc) is 3.18.